The van der Waals surface area contributed by atoms with Crippen LogP contribution in [0.2, 0.25) is 0 Å². The van der Waals surface area contributed by atoms with Crippen LogP contribution in [-0.2, 0) is 19.4 Å². The molecule has 1 aromatic carbocycles. The molecule has 0 N–H and O–H groups in total. The number of aryl methyl sites for hydroxylation is 3. The topological polar surface area (TPSA) is 54.5 Å². The van der Waals surface area contributed by atoms with E-state index in [1.807, 2.05) is 4.68 Å². The molecule has 0 fully saturated rings. The van der Waals surface area contributed by atoms with Gasteiger partial charge >= 0.3 is 0 Å². The van der Waals surface area contributed by atoms with Crippen molar-refractivity contribution in [2.75, 3.05) is 0 Å². The maximum atomic E-state index is 9.12. The Morgan fingerprint density at radius 1 is 1.20 bits per heavy atom. The highest BCUT2D eigenvalue weighted by Crippen LogP contribution is 2.12. The Kier molecular flexibility index (Phi) is 4.89. The summed E-state index contributed by atoms with van der Waals surface area (Å²) in [6.07, 6.45) is 3.89. The predicted molar refractivity (Wildman–Crippen MR) is 78.2 cm³/mol. The molecular weight excluding hydrogens is 248 g/mol. The number of benzene rings is 1. The maximum absolute atomic E-state index is 9.12. The number of hydrogen-bond acceptors (Lipinski definition) is 3. The lowest BCUT2D eigenvalue weighted by atomic mass is 10.1. The normalized spacial score (nSPS) is 10.4. The number of nitriles is 1. The van der Waals surface area contributed by atoms with Gasteiger partial charge in [0.15, 0.2) is 5.69 Å². The van der Waals surface area contributed by atoms with E-state index in [9.17, 15) is 0 Å². The van der Waals surface area contributed by atoms with E-state index < -0.39 is 0 Å². The van der Waals surface area contributed by atoms with Gasteiger partial charge in [-0.1, -0.05) is 48.4 Å². The van der Waals surface area contributed by atoms with E-state index in [0.29, 0.717) is 5.69 Å². The Balaban J connectivity index is 2.09. The number of nitrogens with zero attached hydrogens (tertiary/aromatic N) is 4. The minimum Gasteiger partial charge on any atom is -0.248 e. The molecule has 0 aliphatic rings. The summed E-state index contributed by atoms with van der Waals surface area (Å²) in [7, 11) is 0. The number of hydrogen-bond donors (Lipinski definition) is 0. The Morgan fingerprint density at radius 2 is 1.95 bits per heavy atom. The van der Waals surface area contributed by atoms with E-state index in [1.54, 1.807) is 0 Å². The molecule has 4 heteroatoms. The Bertz CT molecular complexity index is 590. The van der Waals surface area contributed by atoms with Gasteiger partial charge in [-0.3, -0.25) is 0 Å². The highest BCUT2D eigenvalue weighted by atomic mass is 15.4. The third kappa shape index (κ3) is 3.45. The number of aromatic nitrogens is 3. The van der Waals surface area contributed by atoms with Gasteiger partial charge in [0.2, 0.25) is 0 Å². The van der Waals surface area contributed by atoms with Crippen LogP contribution < -0.4 is 0 Å². The van der Waals surface area contributed by atoms with Crippen LogP contribution in [0.1, 0.15) is 42.3 Å². The first-order chi connectivity index (χ1) is 9.74. The molecule has 0 radical (unpaired) electrons. The molecule has 0 spiro atoms. The lowest BCUT2D eigenvalue weighted by Crippen LogP contribution is -2.07. The van der Waals surface area contributed by atoms with E-state index in [-0.39, 0.29) is 0 Å². The fraction of sp³-hybridized carbons (Fsp3) is 0.438. The highest BCUT2D eigenvalue weighted by molar-refractivity contribution is 5.27. The second-order valence-electron chi connectivity index (χ2n) is 5.06. The van der Waals surface area contributed by atoms with E-state index in [2.05, 4.69) is 54.5 Å². The summed E-state index contributed by atoms with van der Waals surface area (Å²) in [5, 5.41) is 17.2. The second-order valence-corrected chi connectivity index (χ2v) is 5.06. The van der Waals surface area contributed by atoms with Crippen molar-refractivity contribution in [3.8, 4) is 6.07 Å². The molecule has 0 aliphatic carbocycles. The molecule has 4 nitrogen and oxygen atoms in total. The van der Waals surface area contributed by atoms with Crippen molar-refractivity contribution in [2.45, 2.75) is 46.1 Å². The average molecular weight is 268 g/mol. The van der Waals surface area contributed by atoms with Crippen molar-refractivity contribution < 1.29 is 0 Å². The van der Waals surface area contributed by atoms with Crippen LogP contribution in [0.5, 0.6) is 0 Å². The molecular formula is C16H20N4. The monoisotopic (exact) mass is 268 g/mol. The van der Waals surface area contributed by atoms with Crippen molar-refractivity contribution in [1.29, 1.82) is 5.26 Å². The Hall–Kier alpha value is -2.15. The van der Waals surface area contributed by atoms with Crippen LogP contribution >= 0.6 is 0 Å². The van der Waals surface area contributed by atoms with Gasteiger partial charge in [0.05, 0.1) is 5.69 Å². The minimum absolute atomic E-state index is 0.466. The van der Waals surface area contributed by atoms with Gasteiger partial charge in [0, 0.05) is 6.54 Å². The van der Waals surface area contributed by atoms with Crippen molar-refractivity contribution >= 4 is 0 Å². The lowest BCUT2D eigenvalue weighted by molar-refractivity contribution is 0.532. The molecule has 0 aliphatic heterocycles. The number of rotatable bonds is 6. The van der Waals surface area contributed by atoms with E-state index in [4.69, 9.17) is 5.26 Å². The SMILES string of the molecule is CCCCn1nnc(C#N)c1CCc1ccc(C)cc1. The fourth-order valence-electron chi connectivity index (χ4n) is 2.17. The Labute approximate surface area is 120 Å². The summed E-state index contributed by atoms with van der Waals surface area (Å²) >= 11 is 0. The lowest BCUT2D eigenvalue weighted by Gasteiger charge is -2.06. The molecule has 1 aromatic heterocycles. The molecule has 0 unspecified atom stereocenters. The standard InChI is InChI=1S/C16H20N4/c1-3-4-11-20-16(15(12-17)18-19-20)10-9-14-7-5-13(2)6-8-14/h5-8H,3-4,9-11H2,1-2H3. The van der Waals surface area contributed by atoms with Crippen LogP contribution in [0.3, 0.4) is 0 Å². The quantitative estimate of drug-likeness (QED) is 0.809. The maximum Gasteiger partial charge on any atom is 0.185 e. The van der Waals surface area contributed by atoms with Crippen molar-refractivity contribution in [2.24, 2.45) is 0 Å². The molecule has 2 aromatic rings. The second kappa shape index (κ2) is 6.85. The summed E-state index contributed by atoms with van der Waals surface area (Å²) in [6, 6.07) is 10.7. The Morgan fingerprint density at radius 3 is 2.60 bits per heavy atom. The smallest absolute Gasteiger partial charge is 0.185 e. The van der Waals surface area contributed by atoms with Gasteiger partial charge in [-0.05, 0) is 31.7 Å². The zero-order valence-corrected chi connectivity index (χ0v) is 12.1. The first kappa shape index (κ1) is 14.3. The summed E-state index contributed by atoms with van der Waals surface area (Å²) in [5.74, 6) is 0. The predicted octanol–water partition coefficient (Wildman–Crippen LogP) is 3.04. The van der Waals surface area contributed by atoms with Gasteiger partial charge in [0.25, 0.3) is 0 Å². The van der Waals surface area contributed by atoms with Crippen LogP contribution in [0.25, 0.3) is 0 Å². The molecule has 0 saturated carbocycles. The zero-order valence-electron chi connectivity index (χ0n) is 12.1. The van der Waals surface area contributed by atoms with Crippen LogP contribution in [0.15, 0.2) is 24.3 Å². The van der Waals surface area contributed by atoms with Crippen LogP contribution in [0.4, 0.5) is 0 Å². The minimum atomic E-state index is 0.466. The van der Waals surface area contributed by atoms with E-state index in [0.717, 1.165) is 37.9 Å². The van der Waals surface area contributed by atoms with Gasteiger partial charge in [-0.2, -0.15) is 5.26 Å². The highest BCUT2D eigenvalue weighted by Gasteiger charge is 2.12. The molecule has 1 heterocycles. The third-order valence-corrected chi connectivity index (χ3v) is 3.44. The fourth-order valence-corrected chi connectivity index (χ4v) is 2.17. The molecule has 2 rings (SSSR count). The van der Waals surface area contributed by atoms with Crippen LogP contribution in [-0.4, -0.2) is 15.0 Å². The molecule has 104 valence electrons. The van der Waals surface area contributed by atoms with Crippen molar-refractivity contribution in [3.05, 3.63) is 46.8 Å². The number of unbranched alkanes of at least 4 members (excludes halogenated alkanes) is 1. The summed E-state index contributed by atoms with van der Waals surface area (Å²) < 4.78 is 1.89. The van der Waals surface area contributed by atoms with Crippen molar-refractivity contribution in [3.63, 3.8) is 0 Å². The van der Waals surface area contributed by atoms with Gasteiger partial charge in [-0.25, -0.2) is 4.68 Å². The van der Waals surface area contributed by atoms with Gasteiger partial charge in [-0.15, -0.1) is 5.10 Å². The molecule has 0 bridgehead atoms. The summed E-state index contributed by atoms with van der Waals surface area (Å²) in [4.78, 5) is 0. The summed E-state index contributed by atoms with van der Waals surface area (Å²) in [6.45, 7) is 5.07. The molecule has 20 heavy (non-hydrogen) atoms. The van der Waals surface area contributed by atoms with E-state index >= 15 is 0 Å². The van der Waals surface area contributed by atoms with Gasteiger partial charge < -0.3 is 0 Å². The first-order valence-corrected chi connectivity index (χ1v) is 7.12. The van der Waals surface area contributed by atoms with E-state index in [1.165, 1.54) is 11.1 Å². The largest absolute Gasteiger partial charge is 0.248 e. The first-order valence-electron chi connectivity index (χ1n) is 7.12. The summed E-state index contributed by atoms with van der Waals surface area (Å²) in [5.41, 5.74) is 3.97. The molecule has 0 amide bonds. The van der Waals surface area contributed by atoms with Crippen molar-refractivity contribution in [1.82, 2.24) is 15.0 Å². The molecule has 0 atom stereocenters. The zero-order chi connectivity index (χ0) is 14.4. The van der Waals surface area contributed by atoms with Gasteiger partial charge in [0.1, 0.15) is 6.07 Å². The average Bonchev–Trinajstić information content (AvgIpc) is 2.86. The van der Waals surface area contributed by atoms with Crippen LogP contribution in [0, 0.1) is 18.3 Å². The molecule has 0 saturated heterocycles. The third-order valence-electron chi connectivity index (χ3n) is 3.44.